The summed E-state index contributed by atoms with van der Waals surface area (Å²) in [5, 5.41) is 6.97. The number of rotatable bonds is 5. The lowest BCUT2D eigenvalue weighted by atomic mass is 10.1. The predicted molar refractivity (Wildman–Crippen MR) is 98.7 cm³/mol. The Kier molecular flexibility index (Phi) is 5.30. The largest absolute Gasteiger partial charge is 0.494 e. The third kappa shape index (κ3) is 4.03. The lowest BCUT2D eigenvalue weighted by Crippen LogP contribution is -2.31. The first-order chi connectivity index (χ1) is 13.0. The van der Waals surface area contributed by atoms with Crippen molar-refractivity contribution in [3.8, 4) is 11.4 Å². The normalized spacial score (nSPS) is 11.7. The van der Waals surface area contributed by atoms with Gasteiger partial charge in [0.15, 0.2) is 11.4 Å². The minimum Gasteiger partial charge on any atom is -0.494 e. The van der Waals surface area contributed by atoms with E-state index >= 15 is 0 Å². The molecular weight excluding hydrogens is 349 g/mol. The van der Waals surface area contributed by atoms with Gasteiger partial charge in [-0.2, -0.15) is 9.78 Å². The van der Waals surface area contributed by atoms with Gasteiger partial charge in [-0.25, -0.2) is 4.39 Å². The smallest absolute Gasteiger partial charge is 0.276 e. The number of carbonyl (C=O) groups is 1. The number of benzene rings is 2. The van der Waals surface area contributed by atoms with E-state index in [1.807, 2.05) is 37.3 Å². The van der Waals surface area contributed by atoms with Gasteiger partial charge in [0.05, 0.1) is 24.9 Å². The number of halogens is 1. The first-order valence-corrected chi connectivity index (χ1v) is 8.29. The Labute approximate surface area is 155 Å². The molecular formula is C20H18FN3O3. The second kappa shape index (κ2) is 7.82. The Hall–Kier alpha value is -3.48. The van der Waals surface area contributed by atoms with E-state index in [4.69, 9.17) is 4.74 Å². The molecule has 1 amide bonds. The summed E-state index contributed by atoms with van der Waals surface area (Å²) in [5.74, 6) is -0.856. The minimum atomic E-state index is -0.494. The number of aromatic nitrogens is 2. The van der Waals surface area contributed by atoms with Gasteiger partial charge in [-0.05, 0) is 36.8 Å². The highest BCUT2D eigenvalue weighted by molar-refractivity contribution is 5.95. The molecule has 1 aromatic heterocycles. The molecule has 1 unspecified atom stereocenters. The molecule has 0 saturated heterocycles. The summed E-state index contributed by atoms with van der Waals surface area (Å²) in [6, 6.07) is 15.6. The van der Waals surface area contributed by atoms with Crippen LogP contribution in [0.1, 0.15) is 29.0 Å². The Morgan fingerprint density at radius 1 is 1.15 bits per heavy atom. The second-order valence-electron chi connectivity index (χ2n) is 5.89. The Bertz CT molecular complexity index is 1000. The predicted octanol–water partition coefficient (Wildman–Crippen LogP) is 2.87. The molecule has 0 radical (unpaired) electrons. The van der Waals surface area contributed by atoms with Crippen LogP contribution in [0.4, 0.5) is 4.39 Å². The summed E-state index contributed by atoms with van der Waals surface area (Å²) < 4.78 is 19.3. The summed E-state index contributed by atoms with van der Waals surface area (Å²) in [4.78, 5) is 25.0. The zero-order chi connectivity index (χ0) is 19.4. The standard InChI is InChI=1S/C20H18FN3O3/c1-13(14-6-4-3-5-7-14)22-20(26)19-17(27-2)12-18(25)24(23-19)16-10-8-15(21)9-11-16/h3-13H,1-2H3,(H,22,26). The molecule has 3 aromatic rings. The molecule has 7 heteroatoms. The topological polar surface area (TPSA) is 73.2 Å². The first kappa shape index (κ1) is 18.3. The van der Waals surface area contributed by atoms with Crippen LogP contribution in [0, 0.1) is 5.82 Å². The van der Waals surface area contributed by atoms with Gasteiger partial charge in [0.2, 0.25) is 0 Å². The zero-order valence-corrected chi connectivity index (χ0v) is 14.8. The van der Waals surface area contributed by atoms with E-state index in [1.165, 1.54) is 37.4 Å². The van der Waals surface area contributed by atoms with E-state index in [1.54, 1.807) is 0 Å². The van der Waals surface area contributed by atoms with Crippen LogP contribution in [-0.2, 0) is 0 Å². The third-order valence-electron chi connectivity index (χ3n) is 4.05. The molecule has 138 valence electrons. The van der Waals surface area contributed by atoms with E-state index in [-0.39, 0.29) is 17.5 Å². The zero-order valence-electron chi connectivity index (χ0n) is 14.8. The van der Waals surface area contributed by atoms with Crippen LogP contribution < -0.4 is 15.6 Å². The molecule has 1 atom stereocenters. The lowest BCUT2D eigenvalue weighted by molar-refractivity contribution is 0.0929. The highest BCUT2D eigenvalue weighted by atomic mass is 19.1. The van der Waals surface area contributed by atoms with Crippen molar-refractivity contribution >= 4 is 5.91 Å². The summed E-state index contributed by atoms with van der Waals surface area (Å²) in [6.07, 6.45) is 0. The van der Waals surface area contributed by atoms with E-state index in [2.05, 4.69) is 10.4 Å². The van der Waals surface area contributed by atoms with Crippen molar-refractivity contribution in [3.63, 3.8) is 0 Å². The minimum absolute atomic E-state index is 0.0378. The highest BCUT2D eigenvalue weighted by Crippen LogP contribution is 2.17. The maximum absolute atomic E-state index is 13.1. The molecule has 1 N–H and O–H groups in total. The fourth-order valence-corrected chi connectivity index (χ4v) is 2.61. The maximum atomic E-state index is 13.1. The number of carbonyl (C=O) groups excluding carboxylic acids is 1. The molecule has 0 fully saturated rings. The van der Waals surface area contributed by atoms with Gasteiger partial charge in [-0.3, -0.25) is 9.59 Å². The van der Waals surface area contributed by atoms with Gasteiger partial charge in [-0.1, -0.05) is 30.3 Å². The molecule has 0 bridgehead atoms. The summed E-state index contributed by atoms with van der Waals surface area (Å²) >= 11 is 0. The van der Waals surface area contributed by atoms with Crippen LogP contribution in [0.25, 0.3) is 5.69 Å². The number of nitrogens with zero attached hydrogens (tertiary/aromatic N) is 2. The quantitative estimate of drug-likeness (QED) is 0.753. The van der Waals surface area contributed by atoms with Crippen LogP contribution >= 0.6 is 0 Å². The maximum Gasteiger partial charge on any atom is 0.276 e. The van der Waals surface area contributed by atoms with Crippen molar-refractivity contribution < 1.29 is 13.9 Å². The molecule has 2 aromatic carbocycles. The first-order valence-electron chi connectivity index (χ1n) is 8.29. The van der Waals surface area contributed by atoms with Gasteiger partial charge in [0.25, 0.3) is 11.5 Å². The molecule has 27 heavy (non-hydrogen) atoms. The molecule has 0 aliphatic rings. The highest BCUT2D eigenvalue weighted by Gasteiger charge is 2.20. The average Bonchev–Trinajstić information content (AvgIpc) is 2.69. The van der Waals surface area contributed by atoms with Crippen molar-refractivity contribution in [1.29, 1.82) is 0 Å². The molecule has 1 heterocycles. The van der Waals surface area contributed by atoms with Gasteiger partial charge in [-0.15, -0.1) is 0 Å². The van der Waals surface area contributed by atoms with Crippen molar-refractivity contribution in [2.24, 2.45) is 0 Å². The van der Waals surface area contributed by atoms with Gasteiger partial charge in [0.1, 0.15) is 5.82 Å². The second-order valence-corrected chi connectivity index (χ2v) is 5.89. The van der Waals surface area contributed by atoms with E-state index in [0.717, 1.165) is 10.2 Å². The van der Waals surface area contributed by atoms with E-state index < -0.39 is 17.3 Å². The van der Waals surface area contributed by atoms with Crippen LogP contribution in [-0.4, -0.2) is 22.8 Å². The van der Waals surface area contributed by atoms with E-state index in [9.17, 15) is 14.0 Å². The number of amides is 1. The van der Waals surface area contributed by atoms with Crippen molar-refractivity contribution in [1.82, 2.24) is 15.1 Å². The number of methoxy groups -OCH3 is 1. The van der Waals surface area contributed by atoms with Crippen LogP contribution in [0.5, 0.6) is 5.75 Å². The van der Waals surface area contributed by atoms with Crippen molar-refractivity contribution in [2.45, 2.75) is 13.0 Å². The summed E-state index contributed by atoms with van der Waals surface area (Å²) in [7, 11) is 1.36. The monoisotopic (exact) mass is 367 g/mol. The molecule has 0 saturated carbocycles. The fraction of sp³-hybridized carbons (Fsp3) is 0.150. The summed E-state index contributed by atoms with van der Waals surface area (Å²) in [5.41, 5.74) is 0.737. The van der Waals surface area contributed by atoms with Crippen LogP contribution in [0.3, 0.4) is 0 Å². The number of nitrogens with one attached hydrogen (secondary N) is 1. The molecule has 0 aliphatic heterocycles. The van der Waals surface area contributed by atoms with Crippen molar-refractivity contribution in [3.05, 3.63) is 88.1 Å². The Balaban J connectivity index is 1.96. The third-order valence-corrected chi connectivity index (χ3v) is 4.05. The van der Waals surface area contributed by atoms with Gasteiger partial charge in [0, 0.05) is 0 Å². The number of ether oxygens (including phenoxy) is 1. The number of hydrogen-bond donors (Lipinski definition) is 1. The summed E-state index contributed by atoms with van der Waals surface area (Å²) in [6.45, 7) is 1.84. The Morgan fingerprint density at radius 3 is 2.44 bits per heavy atom. The lowest BCUT2D eigenvalue weighted by Gasteiger charge is -2.16. The van der Waals surface area contributed by atoms with Crippen LogP contribution in [0.2, 0.25) is 0 Å². The SMILES string of the molecule is COc1cc(=O)n(-c2ccc(F)cc2)nc1C(=O)NC(C)c1ccccc1. The Morgan fingerprint density at radius 2 is 1.81 bits per heavy atom. The van der Waals surface area contributed by atoms with Gasteiger partial charge >= 0.3 is 0 Å². The van der Waals surface area contributed by atoms with Crippen molar-refractivity contribution in [2.75, 3.05) is 7.11 Å². The van der Waals surface area contributed by atoms with Crippen LogP contribution in [0.15, 0.2) is 65.5 Å². The van der Waals surface area contributed by atoms with E-state index in [0.29, 0.717) is 5.69 Å². The molecule has 3 rings (SSSR count). The molecule has 0 aliphatic carbocycles. The molecule has 6 nitrogen and oxygen atoms in total. The van der Waals surface area contributed by atoms with Gasteiger partial charge < -0.3 is 10.1 Å². The fourth-order valence-electron chi connectivity index (χ4n) is 2.61. The number of hydrogen-bond acceptors (Lipinski definition) is 4. The average molecular weight is 367 g/mol. The molecule has 0 spiro atoms.